The smallest absolute Gasteiger partial charge is 0.247 e. The molecule has 1 aliphatic carbocycles. The summed E-state index contributed by atoms with van der Waals surface area (Å²) in [5.41, 5.74) is 5.68. The highest BCUT2D eigenvalue weighted by molar-refractivity contribution is 6.31. The maximum absolute atomic E-state index is 15.2. The van der Waals surface area contributed by atoms with Crippen molar-refractivity contribution in [2.24, 2.45) is 13.0 Å². The Balaban J connectivity index is 1.11. The average molecular weight is 963 g/mol. The summed E-state index contributed by atoms with van der Waals surface area (Å²) < 4.78 is 14.2. The van der Waals surface area contributed by atoms with E-state index in [9.17, 15) is 9.59 Å². The van der Waals surface area contributed by atoms with Crippen molar-refractivity contribution in [2.45, 2.75) is 82.6 Å². The van der Waals surface area contributed by atoms with Gasteiger partial charge in [0.1, 0.15) is 29.4 Å². The number of carbonyl (C=O) groups excluding carboxylic acids is 4. The number of rotatable bonds is 12. The van der Waals surface area contributed by atoms with E-state index < -0.39 is 41.8 Å². The Hall–Kier alpha value is -5.73. The Labute approximate surface area is 409 Å². The fourth-order valence-electron chi connectivity index (χ4n) is 10.0. The lowest BCUT2D eigenvalue weighted by Crippen LogP contribution is -2.58. The number of amides is 4. The van der Waals surface area contributed by atoms with Gasteiger partial charge in [-0.1, -0.05) is 65.7 Å². The number of likely N-dealkylation sites (N-methyl/N-ethyl adjacent to an activating group) is 2. The molecule has 15 heteroatoms. The van der Waals surface area contributed by atoms with Crippen LogP contribution >= 0.6 is 23.2 Å². The van der Waals surface area contributed by atoms with Gasteiger partial charge in [0.15, 0.2) is 0 Å². The molecular weight excluding hydrogens is 902 g/mol. The minimum absolute atomic E-state index is 0.0587. The second kappa shape index (κ2) is 21.7. The lowest BCUT2D eigenvalue weighted by molar-refractivity contribution is -0.148. The lowest BCUT2D eigenvalue weighted by Gasteiger charge is -2.38. The molecule has 2 saturated heterocycles. The first-order valence-corrected chi connectivity index (χ1v) is 24.3. The zero-order valence-corrected chi connectivity index (χ0v) is 41.0. The van der Waals surface area contributed by atoms with Gasteiger partial charge in [-0.05, 0) is 123 Å². The number of ether oxygens (including phenoxy) is 2. The fourth-order valence-corrected chi connectivity index (χ4v) is 10.3. The highest BCUT2D eigenvalue weighted by Crippen LogP contribution is 2.41. The monoisotopic (exact) mass is 961 g/mol. The van der Waals surface area contributed by atoms with E-state index in [1.165, 1.54) is 24.9 Å². The number of aromatic nitrogens is 2. The summed E-state index contributed by atoms with van der Waals surface area (Å²) in [6.45, 7) is 4.63. The van der Waals surface area contributed by atoms with Crippen LogP contribution in [0, 0.1) is 5.92 Å². The van der Waals surface area contributed by atoms with Gasteiger partial charge in [0, 0.05) is 62.4 Å². The van der Waals surface area contributed by atoms with E-state index in [2.05, 4.69) is 20.9 Å². The van der Waals surface area contributed by atoms with E-state index in [-0.39, 0.29) is 37.9 Å². The number of hydrogen-bond donors (Lipinski definition) is 1. The number of benzene rings is 4. The van der Waals surface area contributed by atoms with Crippen LogP contribution in [0.25, 0.3) is 11.3 Å². The van der Waals surface area contributed by atoms with Crippen LogP contribution in [0.3, 0.4) is 0 Å². The van der Waals surface area contributed by atoms with Crippen molar-refractivity contribution in [1.29, 1.82) is 0 Å². The van der Waals surface area contributed by atoms with Gasteiger partial charge in [0.25, 0.3) is 0 Å². The maximum atomic E-state index is 15.2. The summed E-state index contributed by atoms with van der Waals surface area (Å²) in [5.74, 6) is -0.597. The molecule has 1 N–H and O–H groups in total. The molecule has 0 unspecified atom stereocenters. The maximum Gasteiger partial charge on any atom is 0.247 e. The fraction of sp³-hybridized carbons (Fsp3) is 0.415. The van der Waals surface area contributed by atoms with Crippen LogP contribution in [-0.4, -0.2) is 118 Å². The summed E-state index contributed by atoms with van der Waals surface area (Å²) in [7, 11) is 6.93. The van der Waals surface area contributed by atoms with E-state index in [0.29, 0.717) is 39.9 Å². The van der Waals surface area contributed by atoms with Crippen LogP contribution in [0.1, 0.15) is 66.6 Å². The molecule has 5 aromatic rings. The molecule has 68 heavy (non-hydrogen) atoms. The third-order valence-electron chi connectivity index (χ3n) is 14.0. The standard InChI is InChI=1S/C53H61Cl2N7O6/c1-34-51(64)57-46(33-67-5)53(66)59(3)41(26-35-12-18-39(54)19-13-35)31-58(2)52(65)45(44-23-17-36-10-6-7-11-43(36)44)28-50(63)62(34)30-38-14-20-40(55)27-48(38)68-42-21-15-37(16-22-42)47-29-56-49(60(47)4)32-61-24-8-9-25-61/h6-7,10-16,18-22,27,29,34,41,44-46H,8-9,17,23-26,28,30-33H2,1-5H3,(H,57,64)/t34-,41+,44-,45-,46-/m0/s1. The van der Waals surface area contributed by atoms with E-state index in [0.717, 1.165) is 59.8 Å². The molecule has 4 aromatic carbocycles. The number of halogens is 2. The minimum atomic E-state index is -1.09. The molecule has 5 atom stereocenters. The predicted molar refractivity (Wildman–Crippen MR) is 263 cm³/mol. The van der Waals surface area contributed by atoms with Gasteiger partial charge in [-0.25, -0.2) is 4.98 Å². The van der Waals surface area contributed by atoms with Gasteiger partial charge in [-0.3, -0.25) is 24.1 Å². The van der Waals surface area contributed by atoms with E-state index in [1.54, 1.807) is 61.2 Å². The normalized spacial score (nSPS) is 22.1. The van der Waals surface area contributed by atoms with Crippen molar-refractivity contribution in [1.82, 2.24) is 34.5 Å². The van der Waals surface area contributed by atoms with Crippen LogP contribution in [0.15, 0.2) is 97.2 Å². The largest absolute Gasteiger partial charge is 0.457 e. The van der Waals surface area contributed by atoms with Gasteiger partial charge in [-0.2, -0.15) is 0 Å². The Morgan fingerprint density at radius 2 is 1.54 bits per heavy atom. The summed E-state index contributed by atoms with van der Waals surface area (Å²) in [6, 6.07) is 25.7. The number of hydrogen-bond acceptors (Lipinski definition) is 8. The highest BCUT2D eigenvalue weighted by atomic mass is 35.5. The molecule has 0 saturated carbocycles. The molecule has 3 heterocycles. The Morgan fingerprint density at radius 1 is 0.824 bits per heavy atom. The minimum Gasteiger partial charge on any atom is -0.457 e. The third kappa shape index (κ3) is 11.1. The number of nitrogens with zero attached hydrogens (tertiary/aromatic N) is 6. The number of methoxy groups -OCH3 is 1. The van der Waals surface area contributed by atoms with Gasteiger partial charge in [0.05, 0.1) is 43.5 Å². The van der Waals surface area contributed by atoms with Crippen LogP contribution in [0.4, 0.5) is 0 Å². The Bertz CT molecular complexity index is 2600. The number of fused-ring (bicyclic) bond motifs is 1. The van der Waals surface area contributed by atoms with Gasteiger partial charge in [-0.15, -0.1) is 0 Å². The predicted octanol–water partition coefficient (Wildman–Crippen LogP) is 7.91. The van der Waals surface area contributed by atoms with E-state index in [4.69, 9.17) is 37.7 Å². The van der Waals surface area contributed by atoms with Crippen molar-refractivity contribution in [3.8, 4) is 22.8 Å². The van der Waals surface area contributed by atoms with Crippen molar-refractivity contribution >= 4 is 46.8 Å². The van der Waals surface area contributed by atoms with E-state index in [1.807, 2.05) is 67.8 Å². The molecule has 13 nitrogen and oxygen atoms in total. The molecule has 0 bridgehead atoms. The quantitative estimate of drug-likeness (QED) is 0.134. The Kier molecular flexibility index (Phi) is 15.5. The van der Waals surface area contributed by atoms with Crippen LogP contribution in [-0.2, 0) is 56.9 Å². The van der Waals surface area contributed by atoms with Crippen LogP contribution < -0.4 is 10.1 Å². The van der Waals surface area contributed by atoms with Crippen molar-refractivity contribution < 1.29 is 28.7 Å². The molecule has 0 radical (unpaired) electrons. The third-order valence-corrected chi connectivity index (χ3v) is 14.5. The summed E-state index contributed by atoms with van der Waals surface area (Å²) in [4.78, 5) is 71.1. The lowest BCUT2D eigenvalue weighted by atomic mass is 9.83. The molecule has 4 amide bonds. The number of imidazole rings is 1. The number of carbonyl (C=O) groups is 4. The van der Waals surface area contributed by atoms with Crippen molar-refractivity contribution in [2.75, 3.05) is 47.4 Å². The van der Waals surface area contributed by atoms with Crippen LogP contribution in [0.2, 0.25) is 10.0 Å². The molecule has 8 rings (SSSR count). The van der Waals surface area contributed by atoms with Gasteiger partial charge < -0.3 is 34.1 Å². The summed E-state index contributed by atoms with van der Waals surface area (Å²) in [6.07, 6.45) is 6.05. The van der Waals surface area contributed by atoms with Crippen molar-refractivity contribution in [3.63, 3.8) is 0 Å². The van der Waals surface area contributed by atoms with Crippen molar-refractivity contribution in [3.05, 3.63) is 135 Å². The molecule has 1 aromatic heterocycles. The van der Waals surface area contributed by atoms with E-state index >= 15 is 9.59 Å². The first kappa shape index (κ1) is 48.7. The number of likely N-dealkylation sites (tertiary alicyclic amines) is 1. The zero-order valence-electron chi connectivity index (χ0n) is 39.5. The molecule has 2 aliphatic heterocycles. The van der Waals surface area contributed by atoms with Gasteiger partial charge >= 0.3 is 0 Å². The topological polar surface area (TPSA) is 130 Å². The zero-order chi connectivity index (χ0) is 48.1. The molecule has 0 spiro atoms. The molecule has 358 valence electrons. The summed E-state index contributed by atoms with van der Waals surface area (Å²) in [5, 5.41) is 3.93. The van der Waals surface area contributed by atoms with Gasteiger partial charge in [0.2, 0.25) is 23.6 Å². The average Bonchev–Trinajstić information content (AvgIpc) is 4.11. The second-order valence-corrected chi connectivity index (χ2v) is 19.4. The molecule has 3 aliphatic rings. The molecular formula is C53H61Cl2N7O6. The SMILES string of the molecule is COC[C@@H]1NC(=O)[C@H](C)N(Cc2ccc(Cl)cc2Oc2ccc(-c3cnc(CN4CCCC4)n3C)cc2)C(=O)C[C@@H]([C@H]2CCc3ccccc32)C(=O)N(C)C[C@@H](Cc2ccc(Cl)cc2)N(C)C1=O. The number of aryl methyl sites for hydroxylation is 1. The highest BCUT2D eigenvalue weighted by Gasteiger charge is 2.41. The summed E-state index contributed by atoms with van der Waals surface area (Å²) >= 11 is 12.8. The number of nitrogens with one attached hydrogen (secondary N) is 1. The first-order valence-electron chi connectivity index (χ1n) is 23.5. The van der Waals surface area contributed by atoms with Crippen LogP contribution in [0.5, 0.6) is 11.5 Å². The first-order chi connectivity index (χ1) is 32.8. The molecule has 2 fully saturated rings. The second-order valence-electron chi connectivity index (χ2n) is 18.5. The Morgan fingerprint density at radius 3 is 2.28 bits per heavy atom.